The van der Waals surface area contributed by atoms with E-state index in [1.54, 1.807) is 6.21 Å². The van der Waals surface area contributed by atoms with Gasteiger partial charge in [-0.2, -0.15) is 0 Å². The molecular weight excluding hydrogens is 336 g/mol. The molecule has 0 saturated heterocycles. The summed E-state index contributed by atoms with van der Waals surface area (Å²) in [5.74, 6) is 0.116. The van der Waals surface area contributed by atoms with Gasteiger partial charge >= 0.3 is 0 Å². The maximum atomic E-state index is 13.0. The van der Waals surface area contributed by atoms with Crippen molar-refractivity contribution in [1.82, 2.24) is 0 Å². The lowest BCUT2D eigenvalue weighted by Gasteiger charge is -2.36. The van der Waals surface area contributed by atoms with Crippen LogP contribution in [-0.4, -0.2) is 24.3 Å². The van der Waals surface area contributed by atoms with E-state index in [-0.39, 0.29) is 23.5 Å². The zero-order valence-electron chi connectivity index (χ0n) is 15.6. The molecule has 0 atom stereocenters. The summed E-state index contributed by atoms with van der Waals surface area (Å²) in [5, 5.41) is 0. The van der Waals surface area contributed by atoms with Gasteiger partial charge < -0.3 is 4.90 Å². The molecule has 1 aliphatic heterocycles. The van der Waals surface area contributed by atoms with Crippen LogP contribution in [0, 0.1) is 5.41 Å². The number of fused-ring (bicyclic) bond motifs is 1. The number of nitrogens with zero attached hydrogens (tertiary/aromatic N) is 2. The molecule has 4 rings (SSSR count). The highest BCUT2D eigenvalue weighted by atomic mass is 16.1. The number of rotatable bonds is 3. The van der Waals surface area contributed by atoms with Gasteiger partial charge in [0.05, 0.1) is 23.5 Å². The Hall–Kier alpha value is -3.01. The van der Waals surface area contributed by atoms with Gasteiger partial charge in [-0.1, -0.05) is 56.3 Å². The normalized spacial score (nSPS) is 18.0. The van der Waals surface area contributed by atoms with E-state index in [1.807, 2.05) is 59.5 Å². The zero-order chi connectivity index (χ0) is 19.0. The SMILES string of the molecule is CC1(C)CC(=O)C2=C(C1)N(CC(=O)c1ccccc1)c1ccccc1N=C2. The van der Waals surface area contributed by atoms with E-state index >= 15 is 0 Å². The molecule has 27 heavy (non-hydrogen) atoms. The van der Waals surface area contributed by atoms with Gasteiger partial charge in [-0.05, 0) is 24.0 Å². The fourth-order valence-corrected chi connectivity index (χ4v) is 3.81. The van der Waals surface area contributed by atoms with Crippen molar-refractivity contribution < 1.29 is 9.59 Å². The van der Waals surface area contributed by atoms with Crippen molar-refractivity contribution in [3.63, 3.8) is 0 Å². The molecule has 2 aliphatic rings. The quantitative estimate of drug-likeness (QED) is 0.745. The van der Waals surface area contributed by atoms with E-state index in [1.165, 1.54) is 0 Å². The lowest BCUT2D eigenvalue weighted by atomic mass is 9.75. The third-order valence-corrected chi connectivity index (χ3v) is 5.12. The van der Waals surface area contributed by atoms with Crippen molar-refractivity contribution in [2.24, 2.45) is 10.4 Å². The number of ketones is 2. The van der Waals surface area contributed by atoms with Crippen molar-refractivity contribution in [2.75, 3.05) is 11.4 Å². The van der Waals surface area contributed by atoms with Crippen LogP contribution in [0.2, 0.25) is 0 Å². The van der Waals surface area contributed by atoms with Gasteiger partial charge in [-0.15, -0.1) is 0 Å². The molecule has 0 aromatic heterocycles. The monoisotopic (exact) mass is 358 g/mol. The molecule has 0 radical (unpaired) electrons. The second-order valence-corrected chi connectivity index (χ2v) is 7.92. The van der Waals surface area contributed by atoms with Crippen molar-refractivity contribution in [1.29, 1.82) is 0 Å². The van der Waals surface area contributed by atoms with Crippen molar-refractivity contribution in [3.05, 3.63) is 71.4 Å². The molecule has 1 heterocycles. The van der Waals surface area contributed by atoms with Gasteiger partial charge in [0.1, 0.15) is 0 Å². The van der Waals surface area contributed by atoms with E-state index in [0.717, 1.165) is 23.5 Å². The molecule has 4 nitrogen and oxygen atoms in total. The zero-order valence-corrected chi connectivity index (χ0v) is 15.6. The maximum absolute atomic E-state index is 13.0. The van der Waals surface area contributed by atoms with Crippen molar-refractivity contribution in [3.8, 4) is 0 Å². The highest BCUT2D eigenvalue weighted by Gasteiger charge is 2.36. The first-order valence-electron chi connectivity index (χ1n) is 9.20. The molecule has 0 spiro atoms. The van der Waals surface area contributed by atoms with Crippen LogP contribution in [0.1, 0.15) is 37.0 Å². The van der Waals surface area contributed by atoms with Gasteiger partial charge in [0.15, 0.2) is 11.6 Å². The van der Waals surface area contributed by atoms with Crippen LogP contribution in [-0.2, 0) is 4.79 Å². The van der Waals surface area contributed by atoms with Crippen LogP contribution in [0.3, 0.4) is 0 Å². The topological polar surface area (TPSA) is 49.7 Å². The number of carbonyl (C=O) groups is 2. The van der Waals surface area contributed by atoms with Gasteiger partial charge in [-0.3, -0.25) is 14.6 Å². The number of anilines is 1. The molecule has 0 saturated carbocycles. The van der Waals surface area contributed by atoms with Gasteiger partial charge in [0.25, 0.3) is 0 Å². The summed E-state index contributed by atoms with van der Waals surface area (Å²) in [6.07, 6.45) is 2.91. The Morgan fingerprint density at radius 3 is 2.52 bits per heavy atom. The number of carbonyl (C=O) groups excluding carboxylic acids is 2. The molecule has 0 amide bonds. The minimum atomic E-state index is -0.142. The summed E-state index contributed by atoms with van der Waals surface area (Å²) in [6, 6.07) is 17.0. The Morgan fingerprint density at radius 1 is 1.04 bits per heavy atom. The lowest BCUT2D eigenvalue weighted by Crippen LogP contribution is -2.37. The van der Waals surface area contributed by atoms with Crippen LogP contribution in [0.5, 0.6) is 0 Å². The fourth-order valence-electron chi connectivity index (χ4n) is 3.81. The Morgan fingerprint density at radius 2 is 1.74 bits per heavy atom. The summed E-state index contributed by atoms with van der Waals surface area (Å²) in [4.78, 5) is 32.3. The fraction of sp³-hybridized carbons (Fsp3) is 0.261. The molecule has 0 unspecified atom stereocenters. The molecule has 2 aromatic carbocycles. The number of hydrogen-bond acceptors (Lipinski definition) is 4. The lowest BCUT2D eigenvalue weighted by molar-refractivity contribution is -0.117. The second kappa shape index (κ2) is 6.62. The minimum absolute atomic E-state index is 0.0231. The van der Waals surface area contributed by atoms with Crippen LogP contribution in [0.4, 0.5) is 11.4 Å². The Kier molecular flexibility index (Phi) is 4.27. The summed E-state index contributed by atoms with van der Waals surface area (Å²) in [6.45, 7) is 4.38. The molecular formula is C23H22N2O2. The predicted octanol–water partition coefficient (Wildman–Crippen LogP) is 4.74. The van der Waals surface area contributed by atoms with Gasteiger partial charge in [0, 0.05) is 23.9 Å². The third-order valence-electron chi connectivity index (χ3n) is 5.12. The average Bonchev–Trinajstić information content (AvgIpc) is 2.79. The first-order valence-corrected chi connectivity index (χ1v) is 9.20. The molecule has 4 heteroatoms. The largest absolute Gasteiger partial charge is 0.335 e. The molecule has 0 bridgehead atoms. The van der Waals surface area contributed by atoms with E-state index in [9.17, 15) is 9.59 Å². The molecule has 1 aliphatic carbocycles. The standard InChI is InChI=1S/C23H22N2O2/c1-23(2)12-20-17(21(26)13-23)14-24-18-10-6-7-11-19(18)25(20)15-22(27)16-8-4-3-5-9-16/h3-11,14H,12-13,15H2,1-2H3. The van der Waals surface area contributed by atoms with Crippen LogP contribution < -0.4 is 4.90 Å². The molecule has 0 fully saturated rings. The Balaban J connectivity index is 1.81. The third kappa shape index (κ3) is 3.35. The summed E-state index contributed by atoms with van der Waals surface area (Å²) < 4.78 is 0. The van der Waals surface area contributed by atoms with Crippen LogP contribution >= 0.6 is 0 Å². The number of aliphatic imine (C=N–C) groups is 1. The number of para-hydroxylation sites is 2. The first kappa shape index (κ1) is 17.4. The number of Topliss-reactive ketones (excluding diaryl/α,β-unsaturated/α-hetero) is 2. The number of allylic oxidation sites excluding steroid dienone is 2. The Labute approximate surface area is 159 Å². The van der Waals surface area contributed by atoms with Crippen molar-refractivity contribution in [2.45, 2.75) is 26.7 Å². The summed E-state index contributed by atoms with van der Waals surface area (Å²) in [5.41, 5.74) is 3.70. The molecule has 136 valence electrons. The van der Waals surface area contributed by atoms with Crippen LogP contribution in [0.25, 0.3) is 0 Å². The molecule has 2 aromatic rings. The van der Waals surface area contributed by atoms with Gasteiger partial charge in [0.2, 0.25) is 0 Å². The van der Waals surface area contributed by atoms with E-state index in [4.69, 9.17) is 0 Å². The maximum Gasteiger partial charge on any atom is 0.182 e. The van der Waals surface area contributed by atoms with Gasteiger partial charge in [-0.25, -0.2) is 0 Å². The number of hydrogen-bond donors (Lipinski definition) is 0. The van der Waals surface area contributed by atoms with Crippen LogP contribution in [0.15, 0.2) is 70.9 Å². The highest BCUT2D eigenvalue weighted by molar-refractivity contribution is 6.17. The average molecular weight is 358 g/mol. The minimum Gasteiger partial charge on any atom is -0.335 e. The Bertz CT molecular complexity index is 971. The molecule has 0 N–H and O–H groups in total. The van der Waals surface area contributed by atoms with E-state index in [0.29, 0.717) is 17.6 Å². The second-order valence-electron chi connectivity index (χ2n) is 7.92. The smallest absolute Gasteiger partial charge is 0.182 e. The van der Waals surface area contributed by atoms with E-state index < -0.39 is 0 Å². The van der Waals surface area contributed by atoms with E-state index in [2.05, 4.69) is 18.8 Å². The number of benzene rings is 2. The summed E-state index contributed by atoms with van der Waals surface area (Å²) >= 11 is 0. The predicted molar refractivity (Wildman–Crippen MR) is 108 cm³/mol. The first-order chi connectivity index (χ1) is 12.9. The van der Waals surface area contributed by atoms with Crippen molar-refractivity contribution >= 4 is 29.2 Å². The summed E-state index contributed by atoms with van der Waals surface area (Å²) in [7, 11) is 0. The highest BCUT2D eigenvalue weighted by Crippen LogP contribution is 2.43.